The summed E-state index contributed by atoms with van der Waals surface area (Å²) < 4.78 is 0. The molecule has 0 aliphatic carbocycles. The van der Waals surface area contributed by atoms with E-state index in [-0.39, 0.29) is 0 Å². The summed E-state index contributed by atoms with van der Waals surface area (Å²) in [7, 11) is -2.17. The molecule has 0 spiro atoms. The van der Waals surface area contributed by atoms with Crippen LogP contribution in [0.25, 0.3) is 0 Å². The van der Waals surface area contributed by atoms with Crippen LogP contribution in [0.15, 0.2) is 0 Å². The molecule has 0 fully saturated rings. The van der Waals surface area contributed by atoms with Crippen LogP contribution in [0.5, 0.6) is 0 Å². The second-order valence-corrected chi connectivity index (χ2v) is 1.80. The normalized spacial score (nSPS) is 6.12. The zero-order valence-corrected chi connectivity index (χ0v) is 8.93. The second-order valence-electron chi connectivity index (χ2n) is 1.80. The predicted molar refractivity (Wildman–Crippen MR) is 52.3 cm³/mol. The van der Waals surface area contributed by atoms with Gasteiger partial charge in [-0.25, -0.2) is 4.79 Å². The lowest BCUT2D eigenvalue weighted by molar-refractivity contribution is -0.135. The summed E-state index contributed by atoms with van der Waals surface area (Å²) >= 11 is 0. The number of aliphatic carboxylic acids is 3. The van der Waals surface area contributed by atoms with Crippen molar-refractivity contribution >= 4 is 25.2 Å². The third kappa shape index (κ3) is 80800. The Bertz CT molecular complexity index is 236. The fraction of sp³-hybridized carbons (Fsp3) is 0.333. The number of carboxylic acids is 3. The number of nitriles is 1. The van der Waals surface area contributed by atoms with Crippen molar-refractivity contribution in [2.75, 3.05) is 0 Å². The van der Waals surface area contributed by atoms with E-state index in [9.17, 15) is 0 Å². The standard InChI is InChI=1S/C2HNO2.2C2H4O2.BH3O3/c3-1-2(4)5;2*1-2(3)4;2-1(3)4/h(H,4,5);2*1H3,(H,3,4);2-4H. The van der Waals surface area contributed by atoms with Crippen LogP contribution >= 0.6 is 0 Å². The number of nitrogens with zero attached hydrogens (tertiary/aromatic N) is 1. The molecule has 0 aliphatic heterocycles. The molecule has 0 saturated carbocycles. The maximum Gasteiger partial charge on any atom is 0.631 e. The first-order valence-corrected chi connectivity index (χ1v) is 3.53. The number of hydrogen-bond donors (Lipinski definition) is 6. The molecule has 0 atom stereocenters. The lowest BCUT2D eigenvalue weighted by Crippen LogP contribution is -2.07. The van der Waals surface area contributed by atoms with Crippen molar-refractivity contribution in [3.63, 3.8) is 0 Å². The average molecular weight is 253 g/mol. The predicted octanol–water partition coefficient (Wildman–Crippen LogP) is -2.28. The highest BCUT2D eigenvalue weighted by molar-refractivity contribution is 6.30. The fourth-order valence-corrected chi connectivity index (χ4v) is 0. The van der Waals surface area contributed by atoms with Crippen LogP contribution in [0.4, 0.5) is 0 Å². The summed E-state index contributed by atoms with van der Waals surface area (Å²) in [5.41, 5.74) is 0. The van der Waals surface area contributed by atoms with Gasteiger partial charge in [0.2, 0.25) is 0 Å². The van der Waals surface area contributed by atoms with Crippen LogP contribution in [0.1, 0.15) is 13.8 Å². The minimum absolute atomic E-state index is 0.833. The topological polar surface area (TPSA) is 196 Å². The summed E-state index contributed by atoms with van der Waals surface area (Å²) in [6.45, 7) is 2.17. The Morgan fingerprint density at radius 2 is 1.00 bits per heavy atom. The Hall–Kier alpha value is -2.16. The Morgan fingerprint density at radius 3 is 1.00 bits per heavy atom. The minimum Gasteiger partial charge on any atom is -0.481 e. The van der Waals surface area contributed by atoms with E-state index in [2.05, 4.69) is 0 Å². The van der Waals surface area contributed by atoms with Gasteiger partial charge >= 0.3 is 13.3 Å². The molecule has 0 saturated heterocycles. The molecule has 10 nitrogen and oxygen atoms in total. The lowest BCUT2D eigenvalue weighted by atomic mass is 10.3. The quantitative estimate of drug-likeness (QED) is 0.155. The van der Waals surface area contributed by atoms with Crippen molar-refractivity contribution in [3.05, 3.63) is 0 Å². The number of hydrogen-bond acceptors (Lipinski definition) is 7. The number of rotatable bonds is 0. The lowest BCUT2D eigenvalue weighted by Gasteiger charge is -1.69. The summed E-state index contributed by atoms with van der Waals surface area (Å²) in [6.07, 6.45) is 0. The van der Waals surface area contributed by atoms with Gasteiger partial charge in [-0.2, -0.15) is 5.26 Å². The Balaban J connectivity index is -0.0000000667. The molecule has 0 heterocycles. The SMILES string of the molecule is CC(=O)O.CC(=O)O.N#CC(=O)O.OB(O)O. The third-order valence-electron chi connectivity index (χ3n) is 0.0956. The Morgan fingerprint density at radius 1 is 0.941 bits per heavy atom. The molecule has 0 rings (SSSR count). The molecule has 98 valence electrons. The van der Waals surface area contributed by atoms with Crippen LogP contribution in [-0.4, -0.2) is 55.6 Å². The van der Waals surface area contributed by atoms with Crippen LogP contribution in [0.3, 0.4) is 0 Å². The van der Waals surface area contributed by atoms with E-state index in [1.54, 1.807) is 0 Å². The molecular weight excluding hydrogens is 241 g/mol. The third-order valence-corrected chi connectivity index (χ3v) is 0.0956. The van der Waals surface area contributed by atoms with Gasteiger partial charge in [0.25, 0.3) is 11.9 Å². The molecule has 0 aromatic heterocycles. The molecule has 0 radical (unpaired) electrons. The average Bonchev–Trinajstić information content (AvgIpc) is 2.00. The molecule has 17 heavy (non-hydrogen) atoms. The van der Waals surface area contributed by atoms with Gasteiger partial charge in [0, 0.05) is 13.8 Å². The zero-order chi connectivity index (χ0) is 15.0. The van der Waals surface area contributed by atoms with E-state index >= 15 is 0 Å². The summed E-state index contributed by atoms with van der Waals surface area (Å²) in [5.74, 6) is -3.11. The molecule has 11 heteroatoms. The zero-order valence-electron chi connectivity index (χ0n) is 8.93. The molecule has 0 bridgehead atoms. The first-order chi connectivity index (χ1) is 7.47. The van der Waals surface area contributed by atoms with Gasteiger partial charge in [-0.05, 0) is 0 Å². The maximum atomic E-state index is 9.01. The molecule has 6 N–H and O–H groups in total. The van der Waals surface area contributed by atoms with E-state index in [0.29, 0.717) is 0 Å². The van der Waals surface area contributed by atoms with Crippen molar-refractivity contribution in [2.24, 2.45) is 0 Å². The largest absolute Gasteiger partial charge is 0.631 e. The van der Waals surface area contributed by atoms with Crippen LogP contribution in [0, 0.1) is 11.3 Å². The van der Waals surface area contributed by atoms with Gasteiger partial charge in [0.1, 0.15) is 0 Å². The van der Waals surface area contributed by atoms with Crippen molar-refractivity contribution in [2.45, 2.75) is 13.8 Å². The maximum absolute atomic E-state index is 9.01. The van der Waals surface area contributed by atoms with Crippen molar-refractivity contribution in [1.82, 2.24) is 0 Å². The second kappa shape index (κ2) is 19.4. The van der Waals surface area contributed by atoms with E-state index in [4.69, 9.17) is 50.0 Å². The van der Waals surface area contributed by atoms with Crippen molar-refractivity contribution in [3.8, 4) is 6.07 Å². The van der Waals surface area contributed by atoms with Crippen molar-refractivity contribution < 1.29 is 44.8 Å². The van der Waals surface area contributed by atoms with Gasteiger partial charge in [-0.1, -0.05) is 0 Å². The minimum atomic E-state index is -2.17. The first kappa shape index (κ1) is 24.2. The highest BCUT2D eigenvalue weighted by Gasteiger charge is 1.92. The van der Waals surface area contributed by atoms with Crippen LogP contribution < -0.4 is 0 Å². The van der Waals surface area contributed by atoms with Gasteiger partial charge in [0.05, 0.1) is 0 Å². The van der Waals surface area contributed by atoms with Gasteiger partial charge in [-0.15, -0.1) is 0 Å². The first-order valence-electron chi connectivity index (χ1n) is 3.53. The molecule has 0 aliphatic rings. The summed E-state index contributed by atoms with van der Waals surface area (Å²) in [4.78, 5) is 27.0. The monoisotopic (exact) mass is 253 g/mol. The molecule has 0 aromatic carbocycles. The highest BCUT2D eigenvalue weighted by atomic mass is 16.5. The summed E-state index contributed by atoms with van der Waals surface area (Å²) in [5, 5.41) is 51.0. The van der Waals surface area contributed by atoms with E-state index in [1.165, 1.54) is 0 Å². The Labute approximate surface area is 96.2 Å². The van der Waals surface area contributed by atoms with Gasteiger partial charge in [0.15, 0.2) is 6.07 Å². The van der Waals surface area contributed by atoms with Gasteiger partial charge in [-0.3, -0.25) is 9.59 Å². The van der Waals surface area contributed by atoms with E-state index in [0.717, 1.165) is 19.9 Å². The fourth-order valence-electron chi connectivity index (χ4n) is 0. The van der Waals surface area contributed by atoms with Gasteiger partial charge < -0.3 is 30.4 Å². The van der Waals surface area contributed by atoms with Crippen LogP contribution in [0.2, 0.25) is 0 Å². The van der Waals surface area contributed by atoms with E-state index < -0.39 is 25.2 Å². The molecule has 0 amide bonds. The Kier molecular flexibility index (Phi) is 27.6. The van der Waals surface area contributed by atoms with Crippen LogP contribution in [-0.2, 0) is 14.4 Å². The highest BCUT2D eigenvalue weighted by Crippen LogP contribution is 1.45. The molecule has 0 aromatic rings. The smallest absolute Gasteiger partial charge is 0.481 e. The molecular formula is C6H12BNO9. The number of carbonyl (C=O) groups is 3. The summed E-state index contributed by atoms with van der Waals surface area (Å²) in [6, 6.07) is 0.944. The van der Waals surface area contributed by atoms with Crippen molar-refractivity contribution in [1.29, 1.82) is 5.26 Å². The molecule has 0 unspecified atom stereocenters. The van der Waals surface area contributed by atoms with E-state index in [1.807, 2.05) is 0 Å². The number of carboxylic acid groups (broad SMARTS) is 3.